The summed E-state index contributed by atoms with van der Waals surface area (Å²) in [6, 6.07) is 0. The van der Waals surface area contributed by atoms with Gasteiger partial charge in [-0.1, -0.05) is 13.3 Å². The van der Waals surface area contributed by atoms with Crippen molar-refractivity contribution in [3.05, 3.63) is 10.7 Å². The summed E-state index contributed by atoms with van der Waals surface area (Å²) in [5, 5.41) is 3.12. The molecular formula is C9H14BrN3O. The first-order valence-electron chi connectivity index (χ1n) is 4.58. The van der Waals surface area contributed by atoms with Crippen LogP contribution in [0.15, 0.2) is 10.7 Å². The minimum absolute atomic E-state index is 0.555. The van der Waals surface area contributed by atoms with Crippen LogP contribution in [0.3, 0.4) is 0 Å². The van der Waals surface area contributed by atoms with Crippen molar-refractivity contribution in [2.75, 3.05) is 19.0 Å². The molecule has 0 atom stereocenters. The first-order valence-corrected chi connectivity index (χ1v) is 5.37. The zero-order chi connectivity index (χ0) is 10.4. The first-order chi connectivity index (χ1) is 6.77. The molecule has 14 heavy (non-hydrogen) atoms. The van der Waals surface area contributed by atoms with Crippen LogP contribution in [0.1, 0.15) is 19.8 Å². The fourth-order valence-corrected chi connectivity index (χ4v) is 1.31. The second-order valence-electron chi connectivity index (χ2n) is 2.83. The monoisotopic (exact) mass is 259 g/mol. The minimum atomic E-state index is 0.555. The lowest BCUT2D eigenvalue weighted by Gasteiger charge is -2.06. The third-order valence-corrected chi connectivity index (χ3v) is 2.26. The van der Waals surface area contributed by atoms with E-state index >= 15 is 0 Å². The van der Waals surface area contributed by atoms with Gasteiger partial charge in [0.15, 0.2) is 0 Å². The maximum atomic E-state index is 5.05. The van der Waals surface area contributed by atoms with Crippen molar-refractivity contribution in [1.29, 1.82) is 0 Å². The van der Waals surface area contributed by atoms with E-state index in [-0.39, 0.29) is 0 Å². The van der Waals surface area contributed by atoms with Gasteiger partial charge in [-0.05, 0) is 22.4 Å². The smallest absolute Gasteiger partial charge is 0.232 e. The van der Waals surface area contributed by atoms with Gasteiger partial charge in [0, 0.05) is 6.54 Å². The molecule has 1 aromatic heterocycles. The molecule has 1 aromatic rings. The molecule has 1 N–H and O–H groups in total. The molecule has 78 valence electrons. The summed E-state index contributed by atoms with van der Waals surface area (Å²) in [6.45, 7) is 3.03. The molecule has 0 spiro atoms. The summed E-state index contributed by atoms with van der Waals surface area (Å²) in [6.07, 6.45) is 3.95. The molecule has 0 saturated carbocycles. The van der Waals surface area contributed by atoms with Crippen LogP contribution in [0.5, 0.6) is 5.88 Å². The fraction of sp³-hybridized carbons (Fsp3) is 0.556. The average Bonchev–Trinajstić information content (AvgIpc) is 2.21. The number of ether oxygens (including phenoxy) is 1. The fourth-order valence-electron chi connectivity index (χ4n) is 0.957. The van der Waals surface area contributed by atoms with E-state index in [1.54, 1.807) is 13.3 Å². The van der Waals surface area contributed by atoms with E-state index in [2.05, 4.69) is 38.1 Å². The van der Waals surface area contributed by atoms with Gasteiger partial charge in [0.1, 0.15) is 0 Å². The standard InChI is InChI=1S/C9H14BrN3O/c1-3-4-5-11-9-12-6-7(10)8(13-9)14-2/h6H,3-5H2,1-2H3,(H,11,12,13). The number of unbranched alkanes of at least 4 members (excludes halogenated alkanes) is 1. The van der Waals surface area contributed by atoms with E-state index in [9.17, 15) is 0 Å². The summed E-state index contributed by atoms with van der Waals surface area (Å²) < 4.78 is 5.82. The third kappa shape index (κ3) is 3.14. The third-order valence-electron chi connectivity index (χ3n) is 1.72. The Morgan fingerprint density at radius 3 is 3.00 bits per heavy atom. The van der Waals surface area contributed by atoms with Crippen LogP contribution in [0, 0.1) is 0 Å². The number of hydrogen-bond acceptors (Lipinski definition) is 4. The molecule has 0 aliphatic rings. The Kier molecular flexibility index (Phi) is 4.65. The Bertz CT molecular complexity index is 293. The van der Waals surface area contributed by atoms with Gasteiger partial charge in [-0.3, -0.25) is 0 Å². The van der Waals surface area contributed by atoms with Crippen LogP contribution in [0.2, 0.25) is 0 Å². The van der Waals surface area contributed by atoms with E-state index in [0.29, 0.717) is 11.8 Å². The number of hydrogen-bond donors (Lipinski definition) is 1. The highest BCUT2D eigenvalue weighted by Crippen LogP contribution is 2.21. The topological polar surface area (TPSA) is 47.0 Å². The van der Waals surface area contributed by atoms with Crippen LogP contribution in [-0.2, 0) is 0 Å². The zero-order valence-corrected chi connectivity index (χ0v) is 9.97. The lowest BCUT2D eigenvalue weighted by molar-refractivity contribution is 0.394. The van der Waals surface area contributed by atoms with Crippen molar-refractivity contribution in [3.8, 4) is 5.88 Å². The number of anilines is 1. The largest absolute Gasteiger partial charge is 0.480 e. The van der Waals surface area contributed by atoms with Crippen molar-refractivity contribution < 1.29 is 4.74 Å². The van der Waals surface area contributed by atoms with E-state index in [0.717, 1.165) is 23.9 Å². The number of nitrogens with one attached hydrogen (secondary N) is 1. The molecule has 0 aromatic carbocycles. The SMILES string of the molecule is CCCCNc1ncc(Br)c(OC)n1. The Labute approximate surface area is 92.2 Å². The number of methoxy groups -OCH3 is 1. The first kappa shape index (κ1) is 11.2. The molecule has 0 aliphatic carbocycles. The summed E-state index contributed by atoms with van der Waals surface area (Å²) in [7, 11) is 1.59. The molecule has 1 heterocycles. The average molecular weight is 260 g/mol. The summed E-state index contributed by atoms with van der Waals surface area (Å²) in [5.41, 5.74) is 0. The molecule has 1 rings (SSSR count). The molecule has 0 amide bonds. The lowest BCUT2D eigenvalue weighted by atomic mass is 10.3. The summed E-state index contributed by atoms with van der Waals surface area (Å²) in [4.78, 5) is 8.28. The maximum Gasteiger partial charge on any atom is 0.232 e. The Hall–Kier alpha value is -0.840. The summed E-state index contributed by atoms with van der Waals surface area (Å²) >= 11 is 3.29. The highest BCUT2D eigenvalue weighted by Gasteiger charge is 2.03. The maximum absolute atomic E-state index is 5.05. The van der Waals surface area contributed by atoms with Gasteiger partial charge >= 0.3 is 0 Å². The lowest BCUT2D eigenvalue weighted by Crippen LogP contribution is -2.05. The van der Waals surface area contributed by atoms with Crippen molar-refractivity contribution in [2.24, 2.45) is 0 Å². The summed E-state index contributed by atoms with van der Waals surface area (Å²) in [5.74, 6) is 1.16. The van der Waals surface area contributed by atoms with Gasteiger partial charge < -0.3 is 10.1 Å². The van der Waals surface area contributed by atoms with Crippen molar-refractivity contribution in [3.63, 3.8) is 0 Å². The van der Waals surface area contributed by atoms with Crippen LogP contribution in [0.25, 0.3) is 0 Å². The molecule has 0 bridgehead atoms. The van der Waals surface area contributed by atoms with E-state index in [4.69, 9.17) is 4.74 Å². The molecule has 5 heteroatoms. The second kappa shape index (κ2) is 5.80. The highest BCUT2D eigenvalue weighted by molar-refractivity contribution is 9.10. The van der Waals surface area contributed by atoms with E-state index in [1.165, 1.54) is 0 Å². The molecule has 4 nitrogen and oxygen atoms in total. The Balaban J connectivity index is 2.60. The van der Waals surface area contributed by atoms with Crippen LogP contribution in [-0.4, -0.2) is 23.6 Å². The van der Waals surface area contributed by atoms with E-state index < -0.39 is 0 Å². The van der Waals surface area contributed by atoms with Gasteiger partial charge in [-0.25, -0.2) is 4.98 Å². The Morgan fingerprint density at radius 1 is 1.57 bits per heavy atom. The van der Waals surface area contributed by atoms with E-state index in [1.807, 2.05) is 0 Å². The molecular weight excluding hydrogens is 246 g/mol. The predicted octanol–water partition coefficient (Wildman–Crippen LogP) is 2.46. The van der Waals surface area contributed by atoms with Gasteiger partial charge in [-0.15, -0.1) is 0 Å². The van der Waals surface area contributed by atoms with Crippen molar-refractivity contribution >= 4 is 21.9 Å². The predicted molar refractivity (Wildman–Crippen MR) is 59.7 cm³/mol. The van der Waals surface area contributed by atoms with Crippen LogP contribution >= 0.6 is 15.9 Å². The van der Waals surface area contributed by atoms with Crippen molar-refractivity contribution in [2.45, 2.75) is 19.8 Å². The molecule has 0 unspecified atom stereocenters. The van der Waals surface area contributed by atoms with Crippen LogP contribution < -0.4 is 10.1 Å². The highest BCUT2D eigenvalue weighted by atomic mass is 79.9. The molecule has 0 radical (unpaired) electrons. The van der Waals surface area contributed by atoms with Gasteiger partial charge in [0.2, 0.25) is 11.8 Å². The van der Waals surface area contributed by atoms with Gasteiger partial charge in [0.05, 0.1) is 17.8 Å². The van der Waals surface area contributed by atoms with Crippen LogP contribution in [0.4, 0.5) is 5.95 Å². The quantitative estimate of drug-likeness (QED) is 0.826. The number of halogens is 1. The van der Waals surface area contributed by atoms with Crippen molar-refractivity contribution in [1.82, 2.24) is 9.97 Å². The normalized spacial score (nSPS) is 9.93. The molecule has 0 aliphatic heterocycles. The minimum Gasteiger partial charge on any atom is -0.480 e. The molecule has 0 fully saturated rings. The number of aromatic nitrogens is 2. The number of nitrogens with zero attached hydrogens (tertiary/aromatic N) is 2. The zero-order valence-electron chi connectivity index (χ0n) is 8.38. The van der Waals surface area contributed by atoms with Gasteiger partial charge in [0.25, 0.3) is 0 Å². The number of rotatable bonds is 5. The second-order valence-corrected chi connectivity index (χ2v) is 3.69. The Morgan fingerprint density at radius 2 is 2.36 bits per heavy atom. The van der Waals surface area contributed by atoms with Gasteiger partial charge in [-0.2, -0.15) is 4.98 Å². The molecule has 0 saturated heterocycles.